The maximum absolute atomic E-state index is 12.0. The number of rotatable bonds is 9. The lowest BCUT2D eigenvalue weighted by molar-refractivity contribution is -0.141. The van der Waals surface area contributed by atoms with Gasteiger partial charge in [0.05, 0.1) is 31.2 Å². The summed E-state index contributed by atoms with van der Waals surface area (Å²) in [6.07, 6.45) is -3.36. The molecule has 1 saturated heterocycles. The number of hydrogen-bond acceptors (Lipinski definition) is 9. The van der Waals surface area contributed by atoms with Gasteiger partial charge in [0, 0.05) is 0 Å². The van der Waals surface area contributed by atoms with Gasteiger partial charge in [-0.2, -0.15) is 0 Å². The second-order valence-corrected chi connectivity index (χ2v) is 5.56. The maximum Gasteiger partial charge on any atom is 0.328 e. The molecule has 144 valence electrons. The predicted molar refractivity (Wildman–Crippen MR) is 82.4 cm³/mol. The van der Waals surface area contributed by atoms with Crippen molar-refractivity contribution in [2.75, 3.05) is 6.61 Å². The van der Waals surface area contributed by atoms with Crippen LogP contribution in [0.15, 0.2) is 0 Å². The molecule has 1 aliphatic heterocycles. The van der Waals surface area contributed by atoms with Gasteiger partial charge < -0.3 is 42.2 Å². The SMILES string of the molecule is CC(O)C(NC(=O)NC(CC(N)=O)C1NNC(C(N)CO)O1)C(=O)O. The topological polar surface area (TPSA) is 221 Å². The molecule has 25 heavy (non-hydrogen) atoms. The number of hydrogen-bond donors (Lipinski definition) is 9. The number of aliphatic hydroxyl groups excluding tert-OH is 2. The van der Waals surface area contributed by atoms with Crippen molar-refractivity contribution in [1.82, 2.24) is 21.5 Å². The van der Waals surface area contributed by atoms with E-state index in [1.807, 2.05) is 0 Å². The molecule has 0 aromatic carbocycles. The third-order valence-corrected chi connectivity index (χ3v) is 3.40. The Morgan fingerprint density at radius 3 is 2.32 bits per heavy atom. The molecule has 1 rings (SSSR count). The monoisotopic (exact) mass is 364 g/mol. The molecule has 6 unspecified atom stereocenters. The summed E-state index contributed by atoms with van der Waals surface area (Å²) in [6.45, 7) is 0.835. The number of nitrogens with one attached hydrogen (secondary N) is 4. The fourth-order valence-corrected chi connectivity index (χ4v) is 2.08. The van der Waals surface area contributed by atoms with Crippen LogP contribution in [0.25, 0.3) is 0 Å². The van der Waals surface area contributed by atoms with Crippen LogP contribution < -0.4 is 33.0 Å². The van der Waals surface area contributed by atoms with E-state index in [4.69, 9.17) is 26.4 Å². The van der Waals surface area contributed by atoms with E-state index in [1.54, 1.807) is 0 Å². The molecule has 0 radical (unpaired) electrons. The number of urea groups is 1. The number of aliphatic hydroxyl groups is 2. The number of carbonyl (C=O) groups excluding carboxylic acids is 2. The number of carbonyl (C=O) groups is 3. The number of nitrogens with two attached hydrogens (primary N) is 2. The highest BCUT2D eigenvalue weighted by molar-refractivity contribution is 5.83. The van der Waals surface area contributed by atoms with E-state index in [0.29, 0.717) is 0 Å². The van der Waals surface area contributed by atoms with E-state index < -0.39 is 54.6 Å². The van der Waals surface area contributed by atoms with Crippen LogP contribution in [0.3, 0.4) is 0 Å². The van der Waals surface area contributed by atoms with E-state index >= 15 is 0 Å². The highest BCUT2D eigenvalue weighted by atomic mass is 16.6. The first-order valence-electron chi connectivity index (χ1n) is 7.44. The zero-order valence-corrected chi connectivity index (χ0v) is 13.5. The largest absolute Gasteiger partial charge is 0.480 e. The molecule has 0 bridgehead atoms. The summed E-state index contributed by atoms with van der Waals surface area (Å²) in [6, 6.07) is -4.21. The predicted octanol–water partition coefficient (Wildman–Crippen LogP) is -4.54. The number of hydrazine groups is 1. The zero-order chi connectivity index (χ0) is 19.1. The molecule has 0 saturated carbocycles. The van der Waals surface area contributed by atoms with E-state index in [2.05, 4.69) is 21.5 Å². The molecule has 13 heteroatoms. The average Bonchev–Trinajstić information content (AvgIpc) is 3.00. The second-order valence-electron chi connectivity index (χ2n) is 5.56. The van der Waals surface area contributed by atoms with Gasteiger partial charge in [-0.3, -0.25) is 4.79 Å². The molecule has 0 aromatic rings. The van der Waals surface area contributed by atoms with Crippen LogP contribution in [-0.2, 0) is 14.3 Å². The van der Waals surface area contributed by atoms with E-state index in [1.165, 1.54) is 6.92 Å². The molecule has 1 heterocycles. The van der Waals surface area contributed by atoms with Gasteiger partial charge in [-0.15, -0.1) is 0 Å². The Hall–Kier alpha value is -2.03. The summed E-state index contributed by atoms with van der Waals surface area (Å²) in [5, 5.41) is 31.7. The minimum atomic E-state index is -1.54. The minimum Gasteiger partial charge on any atom is -0.480 e. The van der Waals surface area contributed by atoms with Crippen molar-refractivity contribution in [2.24, 2.45) is 11.5 Å². The Balaban J connectivity index is 2.71. The third-order valence-electron chi connectivity index (χ3n) is 3.40. The smallest absolute Gasteiger partial charge is 0.328 e. The van der Waals surface area contributed by atoms with Gasteiger partial charge in [0.15, 0.2) is 6.04 Å². The van der Waals surface area contributed by atoms with Gasteiger partial charge in [0.2, 0.25) is 5.91 Å². The summed E-state index contributed by atoms with van der Waals surface area (Å²) in [7, 11) is 0. The van der Waals surface area contributed by atoms with Gasteiger partial charge in [-0.25, -0.2) is 20.4 Å². The molecule has 13 nitrogen and oxygen atoms in total. The molecule has 11 N–H and O–H groups in total. The quantitative estimate of drug-likeness (QED) is 0.190. The lowest BCUT2D eigenvalue weighted by Gasteiger charge is -2.25. The van der Waals surface area contributed by atoms with Gasteiger partial charge >= 0.3 is 12.0 Å². The number of carboxylic acid groups (broad SMARTS) is 1. The van der Waals surface area contributed by atoms with E-state index in [0.717, 1.165) is 0 Å². The molecule has 3 amide bonds. The van der Waals surface area contributed by atoms with Crippen LogP contribution in [0.4, 0.5) is 4.79 Å². The number of primary amides is 1. The molecular formula is C12H24N6O7. The second kappa shape index (κ2) is 9.45. The third kappa shape index (κ3) is 6.41. The Morgan fingerprint density at radius 2 is 1.84 bits per heavy atom. The summed E-state index contributed by atoms with van der Waals surface area (Å²) >= 11 is 0. The molecule has 1 aliphatic rings. The van der Waals surface area contributed by atoms with Crippen molar-refractivity contribution in [3.8, 4) is 0 Å². The minimum absolute atomic E-state index is 0.319. The first kappa shape index (κ1) is 21.0. The van der Waals surface area contributed by atoms with Gasteiger partial charge in [-0.1, -0.05) is 0 Å². The van der Waals surface area contributed by atoms with Gasteiger partial charge in [0.25, 0.3) is 0 Å². The number of carboxylic acids is 1. The van der Waals surface area contributed by atoms with Crippen LogP contribution in [0.2, 0.25) is 0 Å². The molecule has 1 fully saturated rings. The normalized spacial score (nSPS) is 24.8. The Morgan fingerprint density at radius 1 is 1.24 bits per heavy atom. The fourth-order valence-electron chi connectivity index (χ4n) is 2.08. The van der Waals surface area contributed by atoms with Crippen molar-refractivity contribution in [1.29, 1.82) is 0 Å². The van der Waals surface area contributed by atoms with Crippen LogP contribution >= 0.6 is 0 Å². The molecule has 6 atom stereocenters. The van der Waals surface area contributed by atoms with Gasteiger partial charge in [0.1, 0.15) is 12.5 Å². The van der Waals surface area contributed by atoms with Crippen molar-refractivity contribution < 1.29 is 34.4 Å². The summed E-state index contributed by atoms with van der Waals surface area (Å²) in [4.78, 5) is 34.2. The van der Waals surface area contributed by atoms with Crippen molar-refractivity contribution in [3.05, 3.63) is 0 Å². The Bertz CT molecular complexity index is 491. The average molecular weight is 364 g/mol. The standard InChI is InChI=1S/C12H24N6O7/c1-4(20)8(11(22)23)16-12(24)15-6(2-7(14)21)10-18-17-9(25-10)5(13)3-19/h4-6,8-10,17-20H,2-3,13H2,1H3,(H2,14,21)(H,22,23)(H2,15,16,24). The van der Waals surface area contributed by atoms with E-state index in [-0.39, 0.29) is 13.0 Å². The molecule has 0 aliphatic carbocycles. The van der Waals surface area contributed by atoms with Crippen LogP contribution in [-0.4, -0.2) is 76.5 Å². The lowest BCUT2D eigenvalue weighted by Crippen LogP contribution is -2.57. The van der Waals surface area contributed by atoms with Gasteiger partial charge in [-0.05, 0) is 6.92 Å². The summed E-state index contributed by atoms with van der Waals surface area (Å²) < 4.78 is 5.45. The highest BCUT2D eigenvalue weighted by Crippen LogP contribution is 2.10. The van der Waals surface area contributed by atoms with Crippen LogP contribution in [0.1, 0.15) is 13.3 Å². The number of aliphatic carboxylic acids is 1. The van der Waals surface area contributed by atoms with E-state index in [9.17, 15) is 19.5 Å². The number of ether oxygens (including phenoxy) is 1. The Kier molecular flexibility index (Phi) is 7.95. The fraction of sp³-hybridized carbons (Fsp3) is 0.750. The van der Waals surface area contributed by atoms with Crippen LogP contribution in [0, 0.1) is 0 Å². The molecule has 0 spiro atoms. The first-order chi connectivity index (χ1) is 11.6. The highest BCUT2D eigenvalue weighted by Gasteiger charge is 2.36. The van der Waals surface area contributed by atoms with Crippen LogP contribution in [0.5, 0.6) is 0 Å². The summed E-state index contributed by atoms with van der Waals surface area (Å²) in [5.41, 5.74) is 16.1. The first-order valence-corrected chi connectivity index (χ1v) is 7.44. The number of amides is 3. The zero-order valence-electron chi connectivity index (χ0n) is 13.5. The molecular weight excluding hydrogens is 340 g/mol. The van der Waals surface area contributed by atoms with Crippen molar-refractivity contribution in [2.45, 2.75) is 50.0 Å². The molecule has 0 aromatic heterocycles. The lowest BCUT2D eigenvalue weighted by atomic mass is 10.1. The summed E-state index contributed by atoms with van der Waals surface area (Å²) in [5.74, 6) is -2.17. The van der Waals surface area contributed by atoms with Crippen molar-refractivity contribution >= 4 is 17.9 Å². The van der Waals surface area contributed by atoms with Crippen molar-refractivity contribution in [3.63, 3.8) is 0 Å². The maximum atomic E-state index is 12.0. The Labute approximate surface area is 143 Å².